The van der Waals surface area contributed by atoms with Gasteiger partial charge in [-0.25, -0.2) is 9.97 Å². The molecule has 0 aliphatic carbocycles. The van der Waals surface area contributed by atoms with E-state index >= 15 is 0 Å². The highest BCUT2D eigenvalue weighted by molar-refractivity contribution is 5.39. The molecule has 5 nitrogen and oxygen atoms in total. The van der Waals surface area contributed by atoms with Crippen molar-refractivity contribution in [2.45, 2.75) is 19.9 Å². The van der Waals surface area contributed by atoms with Crippen LogP contribution in [0.2, 0.25) is 0 Å². The molecule has 24 heavy (non-hydrogen) atoms. The van der Waals surface area contributed by atoms with E-state index in [1.807, 2.05) is 31.5 Å². The van der Waals surface area contributed by atoms with Crippen LogP contribution < -0.4 is 5.32 Å². The van der Waals surface area contributed by atoms with Gasteiger partial charge in [0.05, 0.1) is 0 Å². The Kier molecular flexibility index (Phi) is 4.17. The SMILES string of the molecule is Cc1cccc(NC[C@H]2CCN(Cc3cccc4nccn34)C2)n1. The molecule has 0 radical (unpaired) electrons. The second kappa shape index (κ2) is 6.61. The smallest absolute Gasteiger partial charge is 0.136 e. The van der Waals surface area contributed by atoms with Gasteiger partial charge in [-0.05, 0) is 50.1 Å². The highest BCUT2D eigenvalue weighted by Gasteiger charge is 2.22. The first-order valence-corrected chi connectivity index (χ1v) is 8.59. The van der Waals surface area contributed by atoms with Crippen LogP contribution in [0.4, 0.5) is 5.82 Å². The van der Waals surface area contributed by atoms with E-state index in [2.05, 4.69) is 48.9 Å². The normalized spacial score (nSPS) is 18.3. The average molecular weight is 321 g/mol. The topological polar surface area (TPSA) is 45.5 Å². The zero-order chi connectivity index (χ0) is 16.4. The molecular weight excluding hydrogens is 298 g/mol. The van der Waals surface area contributed by atoms with Gasteiger partial charge in [-0.2, -0.15) is 0 Å². The van der Waals surface area contributed by atoms with Gasteiger partial charge in [0.15, 0.2) is 0 Å². The Labute approximate surface area is 142 Å². The minimum atomic E-state index is 0.675. The fraction of sp³-hybridized carbons (Fsp3) is 0.368. The van der Waals surface area contributed by atoms with Crippen molar-refractivity contribution in [3.8, 4) is 0 Å². The number of nitrogens with zero attached hydrogens (tertiary/aromatic N) is 4. The van der Waals surface area contributed by atoms with Gasteiger partial charge in [-0.3, -0.25) is 4.90 Å². The second-order valence-corrected chi connectivity index (χ2v) is 6.61. The molecule has 1 atom stereocenters. The van der Waals surface area contributed by atoms with Crippen LogP contribution in [0.1, 0.15) is 17.8 Å². The number of aryl methyl sites for hydroxylation is 1. The van der Waals surface area contributed by atoms with Gasteiger partial charge in [0.2, 0.25) is 0 Å². The summed E-state index contributed by atoms with van der Waals surface area (Å²) in [5.41, 5.74) is 3.39. The summed E-state index contributed by atoms with van der Waals surface area (Å²) in [6, 6.07) is 12.5. The Morgan fingerprint density at radius 1 is 1.21 bits per heavy atom. The maximum absolute atomic E-state index is 4.51. The van der Waals surface area contributed by atoms with Crippen LogP contribution in [0.15, 0.2) is 48.8 Å². The first kappa shape index (κ1) is 15.1. The van der Waals surface area contributed by atoms with Gasteiger partial charge in [-0.1, -0.05) is 12.1 Å². The van der Waals surface area contributed by atoms with Gasteiger partial charge in [0.25, 0.3) is 0 Å². The summed E-state index contributed by atoms with van der Waals surface area (Å²) in [6.45, 7) is 6.27. The first-order chi connectivity index (χ1) is 11.8. The standard InChI is InChI=1S/C19H23N5/c1-15-4-2-6-18(22-15)21-12-16-8-10-23(13-16)14-17-5-3-7-19-20-9-11-24(17)19/h2-7,9,11,16H,8,10,12-14H2,1H3,(H,21,22)/t16-/m1/s1. The van der Waals surface area contributed by atoms with Crippen LogP contribution in [0.3, 0.4) is 0 Å². The van der Waals surface area contributed by atoms with Crippen LogP contribution in [0, 0.1) is 12.8 Å². The predicted molar refractivity (Wildman–Crippen MR) is 96.0 cm³/mol. The summed E-state index contributed by atoms with van der Waals surface area (Å²) < 4.78 is 2.18. The third-order valence-electron chi connectivity index (χ3n) is 4.73. The number of hydrogen-bond acceptors (Lipinski definition) is 4. The van der Waals surface area contributed by atoms with Crippen molar-refractivity contribution in [1.29, 1.82) is 0 Å². The highest BCUT2D eigenvalue weighted by atomic mass is 15.2. The lowest BCUT2D eigenvalue weighted by molar-refractivity contribution is 0.314. The van der Waals surface area contributed by atoms with E-state index in [1.165, 1.54) is 12.1 Å². The van der Waals surface area contributed by atoms with E-state index in [-0.39, 0.29) is 0 Å². The molecule has 1 N–H and O–H groups in total. The van der Waals surface area contributed by atoms with Crippen molar-refractivity contribution in [1.82, 2.24) is 19.3 Å². The molecule has 1 fully saturated rings. The Morgan fingerprint density at radius 2 is 2.12 bits per heavy atom. The lowest BCUT2D eigenvalue weighted by Gasteiger charge is -2.17. The van der Waals surface area contributed by atoms with E-state index in [9.17, 15) is 0 Å². The largest absolute Gasteiger partial charge is 0.370 e. The summed E-state index contributed by atoms with van der Waals surface area (Å²) in [4.78, 5) is 11.4. The van der Waals surface area contributed by atoms with Crippen molar-refractivity contribution in [2.75, 3.05) is 25.0 Å². The molecular formula is C19H23N5. The van der Waals surface area contributed by atoms with E-state index in [0.717, 1.165) is 43.3 Å². The number of anilines is 1. The number of rotatable bonds is 5. The number of imidazole rings is 1. The molecule has 3 aromatic rings. The molecule has 1 aliphatic rings. The highest BCUT2D eigenvalue weighted by Crippen LogP contribution is 2.20. The molecule has 1 aliphatic heterocycles. The molecule has 0 bridgehead atoms. The minimum absolute atomic E-state index is 0.675. The molecule has 0 aromatic carbocycles. The fourth-order valence-corrected chi connectivity index (χ4v) is 3.48. The first-order valence-electron chi connectivity index (χ1n) is 8.59. The second-order valence-electron chi connectivity index (χ2n) is 6.61. The van der Waals surface area contributed by atoms with Crippen LogP contribution in [0.5, 0.6) is 0 Å². The third-order valence-corrected chi connectivity index (χ3v) is 4.73. The van der Waals surface area contributed by atoms with Crippen LogP contribution in [-0.4, -0.2) is 38.9 Å². The average Bonchev–Trinajstić information content (AvgIpc) is 3.23. The molecule has 124 valence electrons. The summed E-state index contributed by atoms with van der Waals surface area (Å²) in [7, 11) is 0. The van der Waals surface area contributed by atoms with Gasteiger partial charge in [-0.15, -0.1) is 0 Å². The fourth-order valence-electron chi connectivity index (χ4n) is 3.48. The maximum Gasteiger partial charge on any atom is 0.136 e. The van der Waals surface area contributed by atoms with E-state index < -0.39 is 0 Å². The lowest BCUT2D eigenvalue weighted by Crippen LogP contribution is -2.23. The monoisotopic (exact) mass is 321 g/mol. The minimum Gasteiger partial charge on any atom is -0.370 e. The van der Waals surface area contributed by atoms with Gasteiger partial charge in [0.1, 0.15) is 11.5 Å². The third kappa shape index (κ3) is 3.26. The molecule has 3 aromatic heterocycles. The van der Waals surface area contributed by atoms with E-state index in [1.54, 1.807) is 0 Å². The van der Waals surface area contributed by atoms with E-state index in [4.69, 9.17) is 0 Å². The Hall–Kier alpha value is -2.40. The summed E-state index contributed by atoms with van der Waals surface area (Å²) in [5, 5.41) is 3.48. The van der Waals surface area contributed by atoms with Crippen LogP contribution in [-0.2, 0) is 6.54 Å². The van der Waals surface area contributed by atoms with Crippen molar-refractivity contribution >= 4 is 11.5 Å². The van der Waals surface area contributed by atoms with Crippen molar-refractivity contribution in [3.63, 3.8) is 0 Å². The number of aromatic nitrogens is 3. The van der Waals surface area contributed by atoms with Crippen molar-refractivity contribution in [2.24, 2.45) is 5.92 Å². The van der Waals surface area contributed by atoms with E-state index in [0.29, 0.717) is 5.92 Å². The summed E-state index contributed by atoms with van der Waals surface area (Å²) in [5.74, 6) is 1.66. The number of pyridine rings is 2. The van der Waals surface area contributed by atoms with Gasteiger partial charge < -0.3 is 9.72 Å². The molecule has 1 saturated heterocycles. The molecule has 0 spiro atoms. The summed E-state index contributed by atoms with van der Waals surface area (Å²) in [6.07, 6.45) is 5.15. The number of likely N-dealkylation sites (tertiary alicyclic amines) is 1. The van der Waals surface area contributed by atoms with Crippen molar-refractivity contribution < 1.29 is 0 Å². The molecule has 0 amide bonds. The number of fused-ring (bicyclic) bond motifs is 1. The predicted octanol–water partition coefficient (Wildman–Crippen LogP) is 2.97. The molecule has 4 heterocycles. The number of hydrogen-bond donors (Lipinski definition) is 1. The Morgan fingerprint density at radius 3 is 3.04 bits per heavy atom. The molecule has 0 saturated carbocycles. The number of nitrogens with one attached hydrogen (secondary N) is 1. The Balaban J connectivity index is 1.34. The molecule has 5 heteroatoms. The molecule has 0 unspecified atom stereocenters. The quantitative estimate of drug-likeness (QED) is 0.785. The molecule has 4 rings (SSSR count). The summed E-state index contributed by atoms with van der Waals surface area (Å²) >= 11 is 0. The zero-order valence-electron chi connectivity index (χ0n) is 14.0. The van der Waals surface area contributed by atoms with Crippen LogP contribution in [0.25, 0.3) is 5.65 Å². The Bertz CT molecular complexity index is 825. The maximum atomic E-state index is 4.51. The zero-order valence-corrected chi connectivity index (χ0v) is 14.0. The van der Waals surface area contributed by atoms with Gasteiger partial charge in [0, 0.05) is 43.4 Å². The van der Waals surface area contributed by atoms with Crippen molar-refractivity contribution in [3.05, 3.63) is 60.2 Å². The van der Waals surface area contributed by atoms with Gasteiger partial charge >= 0.3 is 0 Å². The lowest BCUT2D eigenvalue weighted by atomic mass is 10.1. The van der Waals surface area contributed by atoms with Crippen LogP contribution >= 0.6 is 0 Å².